The van der Waals surface area contributed by atoms with E-state index in [1.165, 1.54) is 0 Å². The number of hydrogen-bond donors (Lipinski definition) is 0. The van der Waals surface area contributed by atoms with Crippen molar-refractivity contribution in [2.24, 2.45) is 0 Å². The van der Waals surface area contributed by atoms with Crippen molar-refractivity contribution in [1.82, 2.24) is 19.7 Å². The van der Waals surface area contributed by atoms with Crippen LogP contribution >= 0.6 is 0 Å². The first-order valence-corrected chi connectivity index (χ1v) is 15.7. The lowest BCUT2D eigenvalue weighted by atomic mass is 9.89. The molecule has 234 valence electrons. The van der Waals surface area contributed by atoms with Crippen LogP contribution in [-0.4, -0.2) is 90.6 Å². The van der Waals surface area contributed by atoms with Gasteiger partial charge in [-0.15, -0.1) is 0 Å². The van der Waals surface area contributed by atoms with Gasteiger partial charge in [0, 0.05) is 44.6 Å². The van der Waals surface area contributed by atoms with Crippen molar-refractivity contribution >= 4 is 23.0 Å². The summed E-state index contributed by atoms with van der Waals surface area (Å²) in [7, 11) is 3.53. The van der Waals surface area contributed by atoms with Gasteiger partial charge in [0.15, 0.2) is 5.82 Å². The van der Waals surface area contributed by atoms with Gasteiger partial charge in [0.2, 0.25) is 0 Å². The number of alkyl halides is 3. The van der Waals surface area contributed by atoms with Gasteiger partial charge < -0.3 is 28.9 Å². The summed E-state index contributed by atoms with van der Waals surface area (Å²) in [5.41, 5.74) is 0.884. The van der Waals surface area contributed by atoms with Gasteiger partial charge in [-0.3, -0.25) is 0 Å². The zero-order valence-corrected chi connectivity index (χ0v) is 24.9. The summed E-state index contributed by atoms with van der Waals surface area (Å²) >= 11 is 0. The fourth-order valence-electron chi connectivity index (χ4n) is 7.71. The molecule has 7 rings (SSSR count). The van der Waals surface area contributed by atoms with Gasteiger partial charge >= 0.3 is 6.18 Å². The van der Waals surface area contributed by atoms with E-state index in [1.54, 1.807) is 29.0 Å². The van der Waals surface area contributed by atoms with Crippen LogP contribution in [0.15, 0.2) is 30.1 Å². The van der Waals surface area contributed by atoms with E-state index in [0.717, 1.165) is 57.8 Å². The van der Waals surface area contributed by atoms with Crippen molar-refractivity contribution in [3.8, 4) is 0 Å². The average molecular weight is 603 g/mol. The number of halogens is 3. The Kier molecular flexibility index (Phi) is 7.79. The summed E-state index contributed by atoms with van der Waals surface area (Å²) in [5, 5.41) is 4.74. The standard InChI is InChI=1S/C31H41F3N6O3/c1-37(20-8-10-23(41-2)11-9-20)30-24-15-28(40-21-6-7-22(40)19-42-18-21)35-16-26(24)38(17-25(30)31(32,33)34)27-12-13-39(36-27)29-5-3-4-14-43-29/h12-13,15-16,20-23,29H,3-11,14,17-19H2,1-2H3. The molecule has 4 aliphatic heterocycles. The molecule has 5 aliphatic rings. The molecular weight excluding hydrogens is 561 g/mol. The lowest BCUT2D eigenvalue weighted by molar-refractivity contribution is -0.0927. The number of morpholine rings is 1. The molecule has 3 saturated heterocycles. The first-order chi connectivity index (χ1) is 20.8. The molecule has 4 fully saturated rings. The normalized spacial score (nSPS) is 29.7. The third kappa shape index (κ3) is 5.39. The number of hydrogen-bond acceptors (Lipinski definition) is 8. The molecule has 2 aromatic heterocycles. The van der Waals surface area contributed by atoms with Gasteiger partial charge in [0.1, 0.15) is 12.0 Å². The van der Waals surface area contributed by atoms with Crippen molar-refractivity contribution in [1.29, 1.82) is 0 Å². The highest BCUT2D eigenvalue weighted by molar-refractivity contribution is 5.86. The van der Waals surface area contributed by atoms with Crippen LogP contribution in [0, 0.1) is 0 Å². The Balaban J connectivity index is 1.31. The molecule has 9 nitrogen and oxygen atoms in total. The van der Waals surface area contributed by atoms with Gasteiger partial charge in [0.05, 0.1) is 61.1 Å². The Hall–Kier alpha value is -2.83. The first kappa shape index (κ1) is 28.9. The molecule has 0 radical (unpaired) electrons. The molecule has 3 unspecified atom stereocenters. The Morgan fingerprint density at radius 3 is 2.44 bits per heavy atom. The van der Waals surface area contributed by atoms with E-state index in [9.17, 15) is 0 Å². The van der Waals surface area contributed by atoms with Crippen LogP contribution < -0.4 is 9.80 Å². The molecule has 3 atom stereocenters. The van der Waals surface area contributed by atoms with Crippen LogP contribution in [0.1, 0.15) is 69.6 Å². The zero-order chi connectivity index (χ0) is 29.7. The van der Waals surface area contributed by atoms with Gasteiger partial charge in [0.25, 0.3) is 0 Å². The molecule has 0 N–H and O–H groups in total. The summed E-state index contributed by atoms with van der Waals surface area (Å²) in [6, 6.07) is 4.03. The number of rotatable bonds is 6. The number of ether oxygens (including phenoxy) is 3. The topological polar surface area (TPSA) is 68.1 Å². The van der Waals surface area contributed by atoms with Gasteiger partial charge in [-0.1, -0.05) is 0 Å². The number of methoxy groups -OCH3 is 1. The minimum Gasteiger partial charge on any atom is -0.381 e. The molecule has 12 heteroatoms. The SMILES string of the molecule is COC1CCC(N(C)C2=C(C(F)(F)F)CN(c3ccn(C4CCCCO4)n3)c3cnc(N4C5CCC4COC5)cc32)CC1. The van der Waals surface area contributed by atoms with Crippen LogP contribution in [0.4, 0.5) is 30.5 Å². The van der Waals surface area contributed by atoms with Crippen molar-refractivity contribution in [3.05, 3.63) is 35.7 Å². The van der Waals surface area contributed by atoms with Crippen molar-refractivity contribution in [2.75, 3.05) is 50.3 Å². The Labute approximate surface area is 250 Å². The highest BCUT2D eigenvalue weighted by Crippen LogP contribution is 2.47. The molecule has 0 aromatic carbocycles. The largest absolute Gasteiger partial charge is 0.416 e. The summed E-state index contributed by atoms with van der Waals surface area (Å²) in [5.74, 6) is 1.17. The Morgan fingerprint density at radius 1 is 1.00 bits per heavy atom. The van der Waals surface area contributed by atoms with Crippen LogP contribution in [0.2, 0.25) is 0 Å². The highest BCUT2D eigenvalue weighted by Gasteiger charge is 2.45. The first-order valence-electron chi connectivity index (χ1n) is 15.7. The molecular formula is C31H41F3N6O3. The van der Waals surface area contributed by atoms with Crippen LogP contribution in [0.25, 0.3) is 5.70 Å². The minimum absolute atomic E-state index is 0.0167. The Bertz CT molecular complexity index is 1320. The molecule has 1 saturated carbocycles. The third-order valence-electron chi connectivity index (χ3n) is 10.1. The van der Waals surface area contributed by atoms with Crippen LogP contribution in [-0.2, 0) is 14.2 Å². The van der Waals surface area contributed by atoms with E-state index in [0.29, 0.717) is 42.7 Å². The van der Waals surface area contributed by atoms with E-state index >= 15 is 13.2 Å². The predicted octanol–water partition coefficient (Wildman–Crippen LogP) is 5.66. The fraction of sp³-hybridized carbons (Fsp3) is 0.677. The molecule has 0 amide bonds. The number of nitrogens with zero attached hydrogens (tertiary/aromatic N) is 6. The zero-order valence-electron chi connectivity index (χ0n) is 24.9. The second-order valence-electron chi connectivity index (χ2n) is 12.6. The predicted molar refractivity (Wildman–Crippen MR) is 156 cm³/mol. The number of aromatic nitrogens is 3. The summed E-state index contributed by atoms with van der Waals surface area (Å²) in [6.07, 6.45) is 7.07. The average Bonchev–Trinajstić information content (AvgIpc) is 3.61. The van der Waals surface area contributed by atoms with E-state index in [2.05, 4.69) is 4.90 Å². The molecule has 2 bridgehead atoms. The quantitative estimate of drug-likeness (QED) is 0.420. The maximum Gasteiger partial charge on any atom is 0.416 e. The number of anilines is 3. The molecule has 6 heterocycles. The van der Waals surface area contributed by atoms with Crippen molar-refractivity contribution in [2.45, 2.75) is 94.4 Å². The third-order valence-corrected chi connectivity index (χ3v) is 10.1. The fourth-order valence-corrected chi connectivity index (χ4v) is 7.71. The van der Waals surface area contributed by atoms with Gasteiger partial charge in [-0.25, -0.2) is 9.67 Å². The lowest BCUT2D eigenvalue weighted by Gasteiger charge is -2.42. The maximum atomic E-state index is 15.1. The van der Waals surface area contributed by atoms with Gasteiger partial charge in [-0.05, 0) is 63.9 Å². The molecule has 0 spiro atoms. The summed E-state index contributed by atoms with van der Waals surface area (Å²) in [4.78, 5) is 10.7. The number of fused-ring (bicyclic) bond motifs is 3. The van der Waals surface area contributed by atoms with Crippen molar-refractivity contribution < 1.29 is 27.4 Å². The van der Waals surface area contributed by atoms with E-state index in [-0.39, 0.29) is 42.7 Å². The second kappa shape index (κ2) is 11.6. The monoisotopic (exact) mass is 602 g/mol. The molecule has 2 aromatic rings. The smallest absolute Gasteiger partial charge is 0.381 e. The van der Waals surface area contributed by atoms with E-state index in [1.807, 2.05) is 24.2 Å². The highest BCUT2D eigenvalue weighted by atomic mass is 19.4. The van der Waals surface area contributed by atoms with Crippen LogP contribution in [0.3, 0.4) is 0 Å². The maximum absolute atomic E-state index is 15.1. The second-order valence-corrected chi connectivity index (χ2v) is 12.6. The Morgan fingerprint density at radius 2 is 1.77 bits per heavy atom. The van der Waals surface area contributed by atoms with Crippen molar-refractivity contribution in [3.63, 3.8) is 0 Å². The van der Waals surface area contributed by atoms with Gasteiger partial charge in [-0.2, -0.15) is 18.3 Å². The minimum atomic E-state index is -4.53. The number of pyridine rings is 1. The summed E-state index contributed by atoms with van der Waals surface area (Å²) in [6.45, 7) is 1.55. The van der Waals surface area contributed by atoms with E-state index in [4.69, 9.17) is 24.3 Å². The summed E-state index contributed by atoms with van der Waals surface area (Å²) < 4.78 is 64.2. The molecule has 43 heavy (non-hydrogen) atoms. The van der Waals surface area contributed by atoms with E-state index < -0.39 is 11.7 Å². The lowest BCUT2D eigenvalue weighted by Crippen LogP contribution is -2.46. The molecule has 1 aliphatic carbocycles. The van der Waals surface area contributed by atoms with Crippen LogP contribution in [0.5, 0.6) is 0 Å².